The number of likely N-dealkylation sites (tertiary alicyclic amines) is 1. The number of rotatable bonds is 4. The third-order valence-corrected chi connectivity index (χ3v) is 5.02. The Morgan fingerprint density at radius 3 is 2.88 bits per heavy atom. The average Bonchev–Trinajstić information content (AvgIpc) is 3.06. The van der Waals surface area contributed by atoms with Gasteiger partial charge in [0.15, 0.2) is 0 Å². The molecule has 4 rings (SSSR count). The third-order valence-electron chi connectivity index (χ3n) is 5.02. The molecule has 124 valence electrons. The quantitative estimate of drug-likeness (QED) is 0.939. The van der Waals surface area contributed by atoms with Crippen molar-refractivity contribution in [1.82, 2.24) is 10.3 Å². The first-order valence-electron chi connectivity index (χ1n) is 8.56. The van der Waals surface area contributed by atoms with Gasteiger partial charge in [-0.3, -0.25) is 4.90 Å². The Bertz CT molecular complexity index is 729. The minimum Gasteiger partial charge on any atom is -0.497 e. The van der Waals surface area contributed by atoms with E-state index in [2.05, 4.69) is 64.0 Å². The summed E-state index contributed by atoms with van der Waals surface area (Å²) in [5.74, 6) is 1.34. The SMILES string of the molecule is COc1cccc(C2NN=C3CCN(Cc4ccccc4)CC32)c1. The van der Waals surface area contributed by atoms with Crippen LogP contribution in [0.3, 0.4) is 0 Å². The van der Waals surface area contributed by atoms with Crippen LogP contribution in [0, 0.1) is 5.92 Å². The normalized spacial score (nSPS) is 23.3. The van der Waals surface area contributed by atoms with Gasteiger partial charge in [-0.2, -0.15) is 5.10 Å². The zero-order valence-electron chi connectivity index (χ0n) is 14.0. The molecule has 2 unspecified atom stereocenters. The second-order valence-electron chi connectivity index (χ2n) is 6.56. The van der Waals surface area contributed by atoms with Crippen molar-refractivity contribution in [2.45, 2.75) is 19.0 Å². The maximum absolute atomic E-state index is 5.37. The van der Waals surface area contributed by atoms with E-state index in [0.717, 1.165) is 31.8 Å². The molecule has 1 saturated heterocycles. The summed E-state index contributed by atoms with van der Waals surface area (Å²) in [6.45, 7) is 3.13. The Balaban J connectivity index is 1.49. The molecule has 1 fully saturated rings. The second kappa shape index (κ2) is 6.65. The predicted molar refractivity (Wildman–Crippen MR) is 96.1 cm³/mol. The Morgan fingerprint density at radius 2 is 2.04 bits per heavy atom. The van der Waals surface area contributed by atoms with Gasteiger partial charge in [0, 0.05) is 37.7 Å². The molecule has 4 heteroatoms. The standard InChI is InChI=1S/C20H23N3O/c1-24-17-9-5-8-16(12-17)20-18-14-23(11-10-19(18)21-22-20)13-15-6-3-2-4-7-15/h2-9,12,18,20,22H,10-11,13-14H2,1H3. The maximum Gasteiger partial charge on any atom is 0.119 e. The highest BCUT2D eigenvalue weighted by Crippen LogP contribution is 2.34. The lowest BCUT2D eigenvalue weighted by Gasteiger charge is -2.33. The van der Waals surface area contributed by atoms with E-state index < -0.39 is 0 Å². The van der Waals surface area contributed by atoms with E-state index in [1.807, 2.05) is 6.07 Å². The van der Waals surface area contributed by atoms with Crippen molar-refractivity contribution < 1.29 is 4.74 Å². The molecule has 24 heavy (non-hydrogen) atoms. The van der Waals surface area contributed by atoms with Crippen LogP contribution in [0.5, 0.6) is 5.75 Å². The van der Waals surface area contributed by atoms with E-state index in [4.69, 9.17) is 4.74 Å². The average molecular weight is 321 g/mol. The van der Waals surface area contributed by atoms with Crippen LogP contribution in [0.15, 0.2) is 59.7 Å². The lowest BCUT2D eigenvalue weighted by atomic mass is 9.86. The number of nitrogens with zero attached hydrogens (tertiary/aromatic N) is 2. The molecule has 0 radical (unpaired) electrons. The van der Waals surface area contributed by atoms with Gasteiger partial charge in [-0.05, 0) is 23.3 Å². The molecule has 2 atom stereocenters. The fraction of sp³-hybridized carbons (Fsp3) is 0.350. The van der Waals surface area contributed by atoms with Crippen molar-refractivity contribution in [3.8, 4) is 5.75 Å². The monoisotopic (exact) mass is 321 g/mol. The van der Waals surface area contributed by atoms with Crippen molar-refractivity contribution in [2.75, 3.05) is 20.2 Å². The van der Waals surface area contributed by atoms with E-state index in [9.17, 15) is 0 Å². The molecule has 2 aliphatic heterocycles. The van der Waals surface area contributed by atoms with Gasteiger partial charge in [-0.15, -0.1) is 0 Å². The van der Waals surface area contributed by atoms with E-state index in [1.54, 1.807) is 7.11 Å². The molecular formula is C20H23N3O. The number of benzene rings is 2. The molecular weight excluding hydrogens is 298 g/mol. The van der Waals surface area contributed by atoms with Gasteiger partial charge >= 0.3 is 0 Å². The molecule has 0 spiro atoms. The Labute approximate surface area is 143 Å². The third kappa shape index (κ3) is 3.02. The summed E-state index contributed by atoms with van der Waals surface area (Å²) in [5, 5.41) is 4.61. The fourth-order valence-electron chi connectivity index (χ4n) is 3.74. The Morgan fingerprint density at radius 1 is 1.17 bits per heavy atom. The largest absolute Gasteiger partial charge is 0.497 e. The molecule has 0 saturated carbocycles. The number of hydrogen-bond acceptors (Lipinski definition) is 4. The van der Waals surface area contributed by atoms with Crippen molar-refractivity contribution in [3.63, 3.8) is 0 Å². The van der Waals surface area contributed by atoms with Crippen molar-refractivity contribution >= 4 is 5.71 Å². The van der Waals surface area contributed by atoms with Crippen molar-refractivity contribution in [3.05, 3.63) is 65.7 Å². The summed E-state index contributed by atoms with van der Waals surface area (Å²) in [4.78, 5) is 2.54. The first kappa shape index (κ1) is 15.2. The van der Waals surface area contributed by atoms with Crippen molar-refractivity contribution in [1.29, 1.82) is 0 Å². The van der Waals surface area contributed by atoms with Gasteiger partial charge in [0.05, 0.1) is 13.2 Å². The van der Waals surface area contributed by atoms with Gasteiger partial charge < -0.3 is 10.2 Å². The first-order chi connectivity index (χ1) is 11.8. The minimum atomic E-state index is 0.244. The number of nitrogens with one attached hydrogen (secondary N) is 1. The number of piperidine rings is 1. The van der Waals surface area contributed by atoms with Crippen LogP contribution in [0.4, 0.5) is 0 Å². The summed E-state index contributed by atoms with van der Waals surface area (Å²) in [6, 6.07) is 19.3. The molecule has 1 N–H and O–H groups in total. The fourth-order valence-corrected chi connectivity index (χ4v) is 3.74. The van der Waals surface area contributed by atoms with Crippen LogP contribution in [-0.4, -0.2) is 30.8 Å². The minimum absolute atomic E-state index is 0.244. The van der Waals surface area contributed by atoms with Gasteiger partial charge in [0.1, 0.15) is 5.75 Å². The van der Waals surface area contributed by atoms with E-state index in [0.29, 0.717) is 5.92 Å². The topological polar surface area (TPSA) is 36.9 Å². The second-order valence-corrected chi connectivity index (χ2v) is 6.56. The first-order valence-corrected chi connectivity index (χ1v) is 8.56. The zero-order chi connectivity index (χ0) is 16.4. The molecule has 2 heterocycles. The summed E-state index contributed by atoms with van der Waals surface area (Å²) in [5.41, 5.74) is 7.29. The number of methoxy groups -OCH3 is 1. The van der Waals surface area contributed by atoms with E-state index >= 15 is 0 Å². The van der Waals surface area contributed by atoms with Crippen LogP contribution in [0.1, 0.15) is 23.6 Å². The number of hydrogen-bond donors (Lipinski definition) is 1. The van der Waals surface area contributed by atoms with E-state index in [-0.39, 0.29) is 6.04 Å². The molecule has 0 aliphatic carbocycles. The Hall–Kier alpha value is -2.33. The highest BCUT2D eigenvalue weighted by molar-refractivity contribution is 5.89. The van der Waals surface area contributed by atoms with Crippen LogP contribution in [0.25, 0.3) is 0 Å². The van der Waals surface area contributed by atoms with Crippen LogP contribution in [-0.2, 0) is 6.54 Å². The molecule has 4 nitrogen and oxygen atoms in total. The van der Waals surface area contributed by atoms with Crippen LogP contribution < -0.4 is 10.2 Å². The van der Waals surface area contributed by atoms with Crippen molar-refractivity contribution in [2.24, 2.45) is 11.0 Å². The number of ether oxygens (including phenoxy) is 1. The van der Waals surface area contributed by atoms with Gasteiger partial charge in [0.25, 0.3) is 0 Å². The lowest BCUT2D eigenvalue weighted by Crippen LogP contribution is -2.41. The van der Waals surface area contributed by atoms with Gasteiger partial charge in [-0.25, -0.2) is 0 Å². The smallest absolute Gasteiger partial charge is 0.119 e. The van der Waals surface area contributed by atoms with Crippen LogP contribution in [0.2, 0.25) is 0 Å². The van der Waals surface area contributed by atoms with Crippen LogP contribution >= 0.6 is 0 Å². The highest BCUT2D eigenvalue weighted by Gasteiger charge is 2.37. The lowest BCUT2D eigenvalue weighted by molar-refractivity contribution is 0.220. The molecule has 2 aliphatic rings. The molecule has 2 aromatic carbocycles. The summed E-state index contributed by atoms with van der Waals surface area (Å²) in [6.07, 6.45) is 1.05. The summed E-state index contributed by atoms with van der Waals surface area (Å²) >= 11 is 0. The molecule has 0 amide bonds. The maximum atomic E-state index is 5.37. The molecule has 0 aromatic heterocycles. The molecule has 0 bridgehead atoms. The predicted octanol–water partition coefficient (Wildman–Crippen LogP) is 3.22. The van der Waals surface area contributed by atoms with Gasteiger partial charge in [0.2, 0.25) is 0 Å². The number of hydrazone groups is 1. The zero-order valence-corrected chi connectivity index (χ0v) is 14.0. The molecule has 2 aromatic rings. The van der Waals surface area contributed by atoms with E-state index in [1.165, 1.54) is 16.8 Å². The summed E-state index contributed by atoms with van der Waals surface area (Å²) in [7, 11) is 1.71. The highest BCUT2D eigenvalue weighted by atomic mass is 16.5. The van der Waals surface area contributed by atoms with Gasteiger partial charge in [-0.1, -0.05) is 42.5 Å². The Kier molecular flexibility index (Phi) is 4.22. The number of fused-ring (bicyclic) bond motifs is 1. The summed E-state index contributed by atoms with van der Waals surface area (Å²) < 4.78 is 5.37.